The van der Waals surface area contributed by atoms with Gasteiger partial charge in [-0.3, -0.25) is 4.79 Å². The zero-order valence-corrected chi connectivity index (χ0v) is 12.0. The molecular weight excluding hydrogens is 224 g/mol. The first-order valence-electron chi connectivity index (χ1n) is 7.76. The molecule has 0 radical (unpaired) electrons. The van der Waals surface area contributed by atoms with E-state index in [0.717, 1.165) is 51.2 Å². The number of hydrogen-bond acceptors (Lipinski definition) is 2. The second-order valence-corrected chi connectivity index (χ2v) is 5.96. The highest BCUT2D eigenvalue weighted by Crippen LogP contribution is 2.31. The second-order valence-electron chi connectivity index (χ2n) is 5.96. The van der Waals surface area contributed by atoms with E-state index in [1.807, 2.05) is 0 Å². The summed E-state index contributed by atoms with van der Waals surface area (Å²) in [6, 6.07) is 0.633. The first-order chi connectivity index (χ1) is 8.74. The van der Waals surface area contributed by atoms with Crippen LogP contribution in [0.1, 0.15) is 52.4 Å². The molecule has 0 unspecified atom stereocenters. The fraction of sp³-hybridized carbons (Fsp3) is 0.933. The fourth-order valence-electron chi connectivity index (χ4n) is 2.80. The Hall–Kier alpha value is -0.570. The van der Waals surface area contributed by atoms with Gasteiger partial charge in [0, 0.05) is 25.0 Å². The number of nitrogens with one attached hydrogen (secondary N) is 1. The van der Waals surface area contributed by atoms with E-state index in [1.54, 1.807) is 0 Å². The lowest BCUT2D eigenvalue weighted by Crippen LogP contribution is -2.46. The van der Waals surface area contributed by atoms with Crippen LogP contribution in [0.2, 0.25) is 0 Å². The first kappa shape index (κ1) is 13.9. The maximum Gasteiger partial charge on any atom is 0.225 e. The summed E-state index contributed by atoms with van der Waals surface area (Å²) in [5.41, 5.74) is 0. The van der Waals surface area contributed by atoms with Crippen LogP contribution in [0.15, 0.2) is 0 Å². The average Bonchev–Trinajstić information content (AvgIpc) is 3.24. The molecule has 3 nitrogen and oxygen atoms in total. The first-order valence-corrected chi connectivity index (χ1v) is 7.76. The Kier molecular flexibility index (Phi) is 5.04. The van der Waals surface area contributed by atoms with E-state index in [4.69, 9.17) is 0 Å². The van der Waals surface area contributed by atoms with E-state index in [-0.39, 0.29) is 0 Å². The third-order valence-electron chi connectivity index (χ3n) is 4.58. The lowest BCUT2D eigenvalue weighted by Gasteiger charge is -2.33. The van der Waals surface area contributed by atoms with Crippen molar-refractivity contribution in [2.24, 2.45) is 11.8 Å². The van der Waals surface area contributed by atoms with Gasteiger partial charge in [-0.05, 0) is 38.1 Å². The number of carbonyl (C=O) groups excluding carboxylic acids is 1. The highest BCUT2D eigenvalue weighted by molar-refractivity contribution is 5.81. The number of amides is 1. The molecule has 1 aliphatic heterocycles. The van der Waals surface area contributed by atoms with Crippen LogP contribution in [0.3, 0.4) is 0 Å². The molecule has 18 heavy (non-hydrogen) atoms. The zero-order chi connectivity index (χ0) is 13.0. The number of nitrogens with zero attached hydrogens (tertiary/aromatic N) is 1. The van der Waals surface area contributed by atoms with E-state index in [9.17, 15) is 4.79 Å². The third-order valence-corrected chi connectivity index (χ3v) is 4.58. The Morgan fingerprint density at radius 2 is 1.78 bits per heavy atom. The van der Waals surface area contributed by atoms with Crippen molar-refractivity contribution in [3.8, 4) is 0 Å². The minimum absolute atomic E-state index is 0.388. The Balaban J connectivity index is 1.65. The molecule has 2 fully saturated rings. The van der Waals surface area contributed by atoms with Crippen molar-refractivity contribution in [2.45, 2.75) is 58.4 Å². The van der Waals surface area contributed by atoms with E-state index < -0.39 is 0 Å². The standard InChI is InChI=1S/C15H28N2O/c1-3-12(4-2)11-16-14-7-9-17(10-8-14)15(18)13-5-6-13/h12-14,16H,3-11H2,1-2H3. The highest BCUT2D eigenvalue weighted by atomic mass is 16.2. The molecule has 1 heterocycles. The van der Waals surface area contributed by atoms with E-state index >= 15 is 0 Å². The van der Waals surface area contributed by atoms with Gasteiger partial charge in [-0.2, -0.15) is 0 Å². The summed E-state index contributed by atoms with van der Waals surface area (Å²) < 4.78 is 0. The average molecular weight is 252 g/mol. The van der Waals surface area contributed by atoms with Gasteiger partial charge in [0.05, 0.1) is 0 Å². The number of likely N-dealkylation sites (tertiary alicyclic amines) is 1. The molecular formula is C15H28N2O. The molecule has 1 amide bonds. The summed E-state index contributed by atoms with van der Waals surface area (Å²) in [6.45, 7) is 7.62. The molecule has 104 valence electrons. The molecule has 0 aromatic heterocycles. The Bertz CT molecular complexity index is 264. The molecule has 0 atom stereocenters. The predicted octanol–water partition coefficient (Wildman–Crippen LogP) is 2.41. The fourth-order valence-corrected chi connectivity index (χ4v) is 2.80. The monoisotopic (exact) mass is 252 g/mol. The smallest absolute Gasteiger partial charge is 0.225 e. The third kappa shape index (κ3) is 3.71. The molecule has 1 N–H and O–H groups in total. The van der Waals surface area contributed by atoms with Crippen molar-refractivity contribution in [3.05, 3.63) is 0 Å². The maximum atomic E-state index is 11.9. The molecule has 0 bridgehead atoms. The Morgan fingerprint density at radius 3 is 2.28 bits per heavy atom. The van der Waals surface area contributed by atoms with Crippen LogP contribution in [-0.4, -0.2) is 36.5 Å². The minimum Gasteiger partial charge on any atom is -0.342 e. The van der Waals surface area contributed by atoms with Gasteiger partial charge in [0.2, 0.25) is 5.91 Å². The summed E-state index contributed by atoms with van der Waals surface area (Å²) in [6.07, 6.45) is 7.07. The van der Waals surface area contributed by atoms with Crippen LogP contribution in [0, 0.1) is 11.8 Å². The molecule has 0 aromatic rings. The summed E-state index contributed by atoms with van der Waals surface area (Å²) >= 11 is 0. The van der Waals surface area contributed by atoms with Crippen LogP contribution in [0.4, 0.5) is 0 Å². The lowest BCUT2D eigenvalue weighted by atomic mass is 10.0. The summed E-state index contributed by atoms with van der Waals surface area (Å²) in [7, 11) is 0. The summed E-state index contributed by atoms with van der Waals surface area (Å²) in [5.74, 6) is 1.63. The minimum atomic E-state index is 0.388. The second kappa shape index (κ2) is 6.55. The summed E-state index contributed by atoms with van der Waals surface area (Å²) in [4.78, 5) is 14.0. The van der Waals surface area contributed by atoms with Crippen molar-refractivity contribution >= 4 is 5.91 Å². The largest absolute Gasteiger partial charge is 0.342 e. The zero-order valence-electron chi connectivity index (χ0n) is 12.0. The van der Waals surface area contributed by atoms with Crippen LogP contribution in [-0.2, 0) is 4.79 Å². The highest BCUT2D eigenvalue weighted by Gasteiger charge is 2.34. The molecule has 1 aliphatic carbocycles. The van der Waals surface area contributed by atoms with Gasteiger partial charge in [0.25, 0.3) is 0 Å². The van der Waals surface area contributed by atoms with Crippen LogP contribution in [0.5, 0.6) is 0 Å². The number of carbonyl (C=O) groups is 1. The lowest BCUT2D eigenvalue weighted by molar-refractivity contribution is -0.133. The van der Waals surface area contributed by atoms with Crippen molar-refractivity contribution in [1.82, 2.24) is 10.2 Å². The number of hydrogen-bond donors (Lipinski definition) is 1. The van der Waals surface area contributed by atoms with Gasteiger partial charge in [-0.25, -0.2) is 0 Å². The van der Waals surface area contributed by atoms with Crippen molar-refractivity contribution in [3.63, 3.8) is 0 Å². The molecule has 0 aromatic carbocycles. The van der Waals surface area contributed by atoms with E-state index in [0.29, 0.717) is 17.9 Å². The normalized spacial score (nSPS) is 21.6. The van der Waals surface area contributed by atoms with Crippen LogP contribution in [0.25, 0.3) is 0 Å². The molecule has 3 heteroatoms. The van der Waals surface area contributed by atoms with Gasteiger partial charge in [-0.15, -0.1) is 0 Å². The van der Waals surface area contributed by atoms with E-state index in [2.05, 4.69) is 24.1 Å². The Morgan fingerprint density at radius 1 is 1.17 bits per heavy atom. The van der Waals surface area contributed by atoms with Gasteiger partial charge >= 0.3 is 0 Å². The van der Waals surface area contributed by atoms with Crippen LogP contribution >= 0.6 is 0 Å². The van der Waals surface area contributed by atoms with Gasteiger partial charge in [-0.1, -0.05) is 26.7 Å². The topological polar surface area (TPSA) is 32.3 Å². The molecule has 1 saturated heterocycles. The number of rotatable bonds is 6. The summed E-state index contributed by atoms with van der Waals surface area (Å²) in [5, 5.41) is 3.69. The van der Waals surface area contributed by atoms with Gasteiger partial charge in [0.1, 0.15) is 0 Å². The van der Waals surface area contributed by atoms with E-state index in [1.165, 1.54) is 12.8 Å². The van der Waals surface area contributed by atoms with Crippen LogP contribution < -0.4 is 5.32 Å². The van der Waals surface area contributed by atoms with Gasteiger partial charge < -0.3 is 10.2 Å². The Labute approximate surface area is 111 Å². The quantitative estimate of drug-likeness (QED) is 0.787. The SMILES string of the molecule is CCC(CC)CNC1CCN(C(=O)C2CC2)CC1. The number of piperidine rings is 1. The van der Waals surface area contributed by atoms with Crippen molar-refractivity contribution < 1.29 is 4.79 Å². The maximum absolute atomic E-state index is 11.9. The predicted molar refractivity (Wildman–Crippen MR) is 74.4 cm³/mol. The van der Waals surface area contributed by atoms with Crippen molar-refractivity contribution in [2.75, 3.05) is 19.6 Å². The molecule has 0 spiro atoms. The van der Waals surface area contributed by atoms with Crippen molar-refractivity contribution in [1.29, 1.82) is 0 Å². The molecule has 1 saturated carbocycles. The molecule has 2 rings (SSSR count). The molecule has 2 aliphatic rings. The van der Waals surface area contributed by atoms with Gasteiger partial charge in [0.15, 0.2) is 0 Å².